The smallest absolute Gasteiger partial charge is 0.230 e. The lowest BCUT2D eigenvalue weighted by Crippen LogP contribution is -2.28. The van der Waals surface area contributed by atoms with Crippen molar-refractivity contribution in [2.75, 3.05) is 17.6 Å². The first-order chi connectivity index (χ1) is 11.5. The molecule has 0 aliphatic rings. The van der Waals surface area contributed by atoms with Crippen LogP contribution in [0.4, 0.5) is 5.13 Å². The highest BCUT2D eigenvalue weighted by Gasteiger charge is 2.14. The van der Waals surface area contributed by atoms with Crippen LogP contribution in [0.5, 0.6) is 0 Å². The molecule has 0 aliphatic carbocycles. The Hall–Kier alpha value is -1.02. The summed E-state index contributed by atoms with van der Waals surface area (Å²) in [6.07, 6.45) is 1.02. The van der Waals surface area contributed by atoms with Crippen molar-refractivity contribution in [1.82, 2.24) is 15.5 Å². The lowest BCUT2D eigenvalue weighted by atomic mass is 10.1. The van der Waals surface area contributed by atoms with Gasteiger partial charge in [0.15, 0.2) is 4.34 Å². The molecule has 1 aromatic heterocycles. The predicted molar refractivity (Wildman–Crippen MR) is 102 cm³/mol. The molecule has 9 heteroatoms. The van der Waals surface area contributed by atoms with Gasteiger partial charge in [0, 0.05) is 16.6 Å². The second-order valence-corrected chi connectivity index (χ2v) is 8.09. The van der Waals surface area contributed by atoms with Crippen molar-refractivity contribution >= 4 is 57.3 Å². The number of benzene rings is 1. The molecule has 0 unspecified atom stereocenters. The normalized spacial score (nSPS) is 12.0. The molecule has 130 valence electrons. The number of hydrogen-bond donors (Lipinski definition) is 2. The van der Waals surface area contributed by atoms with E-state index in [0.29, 0.717) is 10.0 Å². The third-order valence-corrected chi connectivity index (χ3v) is 5.64. The number of rotatable bonds is 8. The lowest BCUT2D eigenvalue weighted by Gasteiger charge is -2.15. The van der Waals surface area contributed by atoms with E-state index >= 15 is 0 Å². The molecular weight excluding hydrogens is 387 g/mol. The number of amides is 1. The van der Waals surface area contributed by atoms with Gasteiger partial charge >= 0.3 is 0 Å². The van der Waals surface area contributed by atoms with Crippen LogP contribution >= 0.6 is 46.3 Å². The molecule has 0 fully saturated rings. The van der Waals surface area contributed by atoms with Crippen molar-refractivity contribution < 1.29 is 4.79 Å². The summed E-state index contributed by atoms with van der Waals surface area (Å²) < 4.78 is 0.765. The highest BCUT2D eigenvalue weighted by atomic mass is 35.5. The molecule has 0 radical (unpaired) electrons. The molecule has 1 amide bonds. The Balaban J connectivity index is 1.83. The average Bonchev–Trinajstić information content (AvgIpc) is 2.98. The largest absolute Gasteiger partial charge is 0.360 e. The second-order valence-electron chi connectivity index (χ2n) is 5.04. The Morgan fingerprint density at radius 2 is 2.17 bits per heavy atom. The van der Waals surface area contributed by atoms with Crippen LogP contribution in [-0.4, -0.2) is 28.4 Å². The van der Waals surface area contributed by atoms with Gasteiger partial charge in [0.2, 0.25) is 11.0 Å². The molecule has 0 aliphatic heterocycles. The summed E-state index contributed by atoms with van der Waals surface area (Å²) in [5, 5.41) is 16.1. The maximum atomic E-state index is 12.1. The molecule has 0 bridgehead atoms. The first-order valence-corrected chi connectivity index (χ1v) is 10.00. The molecule has 1 aromatic carbocycles. The quantitative estimate of drug-likeness (QED) is 0.627. The van der Waals surface area contributed by atoms with Gasteiger partial charge in [0.25, 0.3) is 0 Å². The van der Waals surface area contributed by atoms with E-state index in [1.165, 1.54) is 23.1 Å². The monoisotopic (exact) mass is 404 g/mol. The molecule has 5 nitrogen and oxygen atoms in total. The fourth-order valence-electron chi connectivity index (χ4n) is 1.91. The van der Waals surface area contributed by atoms with E-state index < -0.39 is 0 Å². The zero-order valence-corrected chi connectivity index (χ0v) is 16.5. The van der Waals surface area contributed by atoms with Gasteiger partial charge in [0.1, 0.15) is 0 Å². The van der Waals surface area contributed by atoms with Crippen molar-refractivity contribution in [3.8, 4) is 0 Å². The topological polar surface area (TPSA) is 66.9 Å². The van der Waals surface area contributed by atoms with Crippen molar-refractivity contribution in [1.29, 1.82) is 0 Å². The van der Waals surface area contributed by atoms with E-state index in [2.05, 4.69) is 27.8 Å². The van der Waals surface area contributed by atoms with Gasteiger partial charge in [-0.25, -0.2) is 0 Å². The molecule has 24 heavy (non-hydrogen) atoms. The van der Waals surface area contributed by atoms with Gasteiger partial charge in [0.05, 0.1) is 11.8 Å². The van der Waals surface area contributed by atoms with Gasteiger partial charge in [-0.2, -0.15) is 0 Å². The van der Waals surface area contributed by atoms with Gasteiger partial charge in [-0.05, 0) is 31.0 Å². The number of thioether (sulfide) groups is 1. The average molecular weight is 405 g/mol. The molecule has 2 N–H and O–H groups in total. The maximum absolute atomic E-state index is 12.1. The summed E-state index contributed by atoms with van der Waals surface area (Å²) >= 11 is 14.9. The fraction of sp³-hybridized carbons (Fsp3) is 0.400. The minimum Gasteiger partial charge on any atom is -0.360 e. The number of aromatic nitrogens is 2. The summed E-state index contributed by atoms with van der Waals surface area (Å²) in [6.45, 7) is 4.83. The summed E-state index contributed by atoms with van der Waals surface area (Å²) in [5.74, 6) is 0.189. The van der Waals surface area contributed by atoms with E-state index in [0.717, 1.165) is 28.0 Å². The van der Waals surface area contributed by atoms with Crippen molar-refractivity contribution in [2.24, 2.45) is 0 Å². The Morgan fingerprint density at radius 1 is 1.38 bits per heavy atom. The van der Waals surface area contributed by atoms with Gasteiger partial charge < -0.3 is 10.6 Å². The Kier molecular flexibility index (Phi) is 7.61. The van der Waals surface area contributed by atoms with Crippen LogP contribution in [0.15, 0.2) is 22.5 Å². The molecule has 1 heterocycles. The Morgan fingerprint density at radius 3 is 2.88 bits per heavy atom. The van der Waals surface area contributed by atoms with Crippen LogP contribution in [0.25, 0.3) is 0 Å². The number of hydrogen-bond acceptors (Lipinski definition) is 6. The summed E-state index contributed by atoms with van der Waals surface area (Å²) in [5.41, 5.74) is 0.835. The van der Waals surface area contributed by atoms with Crippen LogP contribution < -0.4 is 10.6 Å². The minimum absolute atomic E-state index is 0.0863. The fourth-order valence-corrected chi connectivity index (χ4v) is 4.07. The second kappa shape index (κ2) is 9.46. The molecular formula is C15H18Cl2N4OS2. The van der Waals surface area contributed by atoms with Crippen molar-refractivity contribution in [3.63, 3.8) is 0 Å². The van der Waals surface area contributed by atoms with E-state index in [1.54, 1.807) is 12.1 Å². The number of nitrogens with one attached hydrogen (secondary N) is 2. The Labute approximate surface area is 159 Å². The maximum Gasteiger partial charge on any atom is 0.230 e. The van der Waals surface area contributed by atoms with E-state index in [1.807, 2.05) is 13.0 Å². The predicted octanol–water partition coefficient (Wildman–Crippen LogP) is 4.64. The number of anilines is 1. The van der Waals surface area contributed by atoms with Gasteiger partial charge in [-0.1, -0.05) is 59.3 Å². The molecule has 2 rings (SSSR count). The van der Waals surface area contributed by atoms with Crippen LogP contribution in [0.1, 0.15) is 31.9 Å². The lowest BCUT2D eigenvalue weighted by molar-refractivity contribution is -0.119. The van der Waals surface area contributed by atoms with Crippen LogP contribution in [0.2, 0.25) is 10.0 Å². The van der Waals surface area contributed by atoms with Crippen LogP contribution in [-0.2, 0) is 4.79 Å². The third-order valence-electron chi connectivity index (χ3n) is 3.07. The van der Waals surface area contributed by atoms with E-state index in [9.17, 15) is 4.79 Å². The zero-order chi connectivity index (χ0) is 17.5. The standard InChI is InChI=1S/C15H18Cl2N4OS2/c1-3-6-18-14-20-21-15(24-14)23-8-13(22)19-9(2)11-5-4-10(16)7-12(11)17/h4-5,7,9H,3,6,8H2,1-2H3,(H,18,20)(H,19,22)/t9-/m0/s1. The zero-order valence-electron chi connectivity index (χ0n) is 13.3. The molecule has 0 saturated carbocycles. The summed E-state index contributed by atoms with van der Waals surface area (Å²) in [4.78, 5) is 12.1. The third kappa shape index (κ3) is 5.81. The summed E-state index contributed by atoms with van der Waals surface area (Å²) in [6, 6.07) is 5.05. The van der Waals surface area contributed by atoms with Gasteiger partial charge in [-0.3, -0.25) is 4.79 Å². The molecule has 1 atom stereocenters. The van der Waals surface area contributed by atoms with Crippen molar-refractivity contribution in [2.45, 2.75) is 30.6 Å². The van der Waals surface area contributed by atoms with Crippen LogP contribution in [0.3, 0.4) is 0 Å². The van der Waals surface area contributed by atoms with E-state index in [4.69, 9.17) is 23.2 Å². The Bertz CT molecular complexity index is 696. The highest BCUT2D eigenvalue weighted by Crippen LogP contribution is 2.27. The summed E-state index contributed by atoms with van der Waals surface area (Å²) in [7, 11) is 0. The number of carbonyl (C=O) groups excluding carboxylic acids is 1. The number of halogens is 2. The molecule has 0 saturated heterocycles. The molecule has 2 aromatic rings. The minimum atomic E-state index is -0.195. The molecule has 0 spiro atoms. The highest BCUT2D eigenvalue weighted by molar-refractivity contribution is 8.01. The number of nitrogens with zero attached hydrogens (tertiary/aromatic N) is 2. The number of carbonyl (C=O) groups is 1. The van der Waals surface area contributed by atoms with Gasteiger partial charge in [-0.15, -0.1) is 10.2 Å². The van der Waals surface area contributed by atoms with Crippen molar-refractivity contribution in [3.05, 3.63) is 33.8 Å². The first-order valence-electron chi connectivity index (χ1n) is 7.44. The van der Waals surface area contributed by atoms with Crippen LogP contribution in [0, 0.1) is 0 Å². The first kappa shape index (κ1) is 19.3. The SMILES string of the molecule is CCCNc1nnc(SCC(=O)N[C@@H](C)c2ccc(Cl)cc2Cl)s1. The van der Waals surface area contributed by atoms with E-state index in [-0.39, 0.29) is 17.7 Å².